The topological polar surface area (TPSA) is 42.0 Å². The predicted molar refractivity (Wildman–Crippen MR) is 68.7 cm³/mol. The minimum absolute atomic E-state index is 0.276. The number of aromatic nitrogens is 1. The molecule has 0 spiro atoms. The highest BCUT2D eigenvalue weighted by molar-refractivity contribution is 6.31. The summed E-state index contributed by atoms with van der Waals surface area (Å²) in [5, 5.41) is 3.66. The number of hydrogen-bond donors (Lipinski definition) is 1. The van der Waals surface area contributed by atoms with Crippen LogP contribution in [0.3, 0.4) is 0 Å². The smallest absolute Gasteiger partial charge is 0.256 e. The fourth-order valence-corrected chi connectivity index (χ4v) is 1.64. The number of nitrogens with one attached hydrogen (secondary N) is 1. The monoisotopic (exact) mass is 266 g/mol. The lowest BCUT2D eigenvalue weighted by Gasteiger charge is -2.04. The van der Waals surface area contributed by atoms with E-state index in [1.807, 2.05) is 0 Å². The molecule has 0 fully saturated rings. The first-order valence-electron chi connectivity index (χ1n) is 4.83. The normalized spacial score (nSPS) is 10.0. The Morgan fingerprint density at radius 1 is 1.12 bits per heavy atom. The highest BCUT2D eigenvalue weighted by Gasteiger charge is 2.07. The third-order valence-electron chi connectivity index (χ3n) is 2.05. The molecule has 0 atom stereocenters. The zero-order chi connectivity index (χ0) is 12.3. The van der Waals surface area contributed by atoms with Crippen LogP contribution in [-0.2, 0) is 0 Å². The Hall–Kier alpha value is -1.58. The van der Waals surface area contributed by atoms with Crippen LogP contribution >= 0.6 is 23.2 Å². The van der Waals surface area contributed by atoms with Crippen molar-refractivity contribution in [1.82, 2.24) is 4.98 Å². The van der Waals surface area contributed by atoms with Crippen LogP contribution < -0.4 is 5.32 Å². The molecule has 1 N–H and O–H groups in total. The maximum absolute atomic E-state index is 11.8. The maximum Gasteiger partial charge on any atom is 0.256 e. The van der Waals surface area contributed by atoms with Crippen LogP contribution in [0.2, 0.25) is 10.0 Å². The van der Waals surface area contributed by atoms with Crippen LogP contribution in [-0.4, -0.2) is 10.9 Å². The van der Waals surface area contributed by atoms with E-state index in [4.69, 9.17) is 23.2 Å². The van der Waals surface area contributed by atoms with E-state index in [1.165, 1.54) is 6.20 Å². The lowest BCUT2D eigenvalue weighted by molar-refractivity contribution is 0.102. The number of hydrogen-bond acceptors (Lipinski definition) is 2. The van der Waals surface area contributed by atoms with Gasteiger partial charge in [0.2, 0.25) is 0 Å². The highest BCUT2D eigenvalue weighted by atomic mass is 35.5. The average Bonchev–Trinajstić information content (AvgIpc) is 2.29. The van der Waals surface area contributed by atoms with Gasteiger partial charge in [0.25, 0.3) is 5.91 Å². The van der Waals surface area contributed by atoms with Crippen molar-refractivity contribution in [1.29, 1.82) is 0 Å². The summed E-state index contributed by atoms with van der Waals surface area (Å²) in [5.74, 6) is 0.129. The van der Waals surface area contributed by atoms with Crippen LogP contribution in [0.5, 0.6) is 0 Å². The molecule has 0 saturated carbocycles. The summed E-state index contributed by atoms with van der Waals surface area (Å²) in [6.45, 7) is 0. The van der Waals surface area contributed by atoms with Crippen molar-refractivity contribution in [3.63, 3.8) is 0 Å². The van der Waals surface area contributed by atoms with E-state index in [9.17, 15) is 4.79 Å². The van der Waals surface area contributed by atoms with Gasteiger partial charge in [-0.05, 0) is 30.3 Å². The molecule has 1 amide bonds. The van der Waals surface area contributed by atoms with Gasteiger partial charge >= 0.3 is 0 Å². The number of halogens is 2. The number of nitrogens with zero attached hydrogens (tertiary/aromatic N) is 1. The van der Waals surface area contributed by atoms with Gasteiger partial charge in [-0.3, -0.25) is 4.79 Å². The molecule has 86 valence electrons. The number of anilines is 1. The van der Waals surface area contributed by atoms with Crippen LogP contribution in [0.15, 0.2) is 42.6 Å². The molecule has 3 nitrogen and oxygen atoms in total. The minimum atomic E-state index is -0.276. The molecule has 0 aliphatic heterocycles. The van der Waals surface area contributed by atoms with Gasteiger partial charge < -0.3 is 5.32 Å². The summed E-state index contributed by atoms with van der Waals surface area (Å²) in [7, 11) is 0. The summed E-state index contributed by atoms with van der Waals surface area (Å²) in [6.07, 6.45) is 1.52. The van der Waals surface area contributed by atoms with Crippen molar-refractivity contribution in [3.8, 4) is 0 Å². The Morgan fingerprint density at radius 2 is 1.88 bits per heavy atom. The van der Waals surface area contributed by atoms with E-state index >= 15 is 0 Å². The molecule has 17 heavy (non-hydrogen) atoms. The van der Waals surface area contributed by atoms with Gasteiger partial charge in [-0.1, -0.05) is 29.3 Å². The third kappa shape index (κ3) is 3.19. The molecule has 0 radical (unpaired) electrons. The summed E-state index contributed by atoms with van der Waals surface area (Å²) < 4.78 is 0. The van der Waals surface area contributed by atoms with Gasteiger partial charge in [0.1, 0.15) is 5.82 Å². The predicted octanol–water partition coefficient (Wildman–Crippen LogP) is 3.64. The molecule has 1 aromatic heterocycles. The number of pyridine rings is 1. The fourth-order valence-electron chi connectivity index (χ4n) is 1.29. The summed E-state index contributed by atoms with van der Waals surface area (Å²) >= 11 is 11.6. The highest BCUT2D eigenvalue weighted by Crippen LogP contribution is 2.14. The number of carbonyl (C=O) groups is 1. The molecule has 0 unspecified atom stereocenters. The van der Waals surface area contributed by atoms with Crippen molar-refractivity contribution in [2.45, 2.75) is 0 Å². The second-order valence-corrected chi connectivity index (χ2v) is 4.20. The van der Waals surface area contributed by atoms with Gasteiger partial charge in [0.05, 0.1) is 0 Å². The van der Waals surface area contributed by atoms with Crippen molar-refractivity contribution in [2.24, 2.45) is 0 Å². The SMILES string of the molecule is O=C(Nc1cc(Cl)ccn1)c1cccc(Cl)c1. The first-order valence-corrected chi connectivity index (χ1v) is 5.59. The van der Waals surface area contributed by atoms with Crippen LogP contribution in [0, 0.1) is 0 Å². The lowest BCUT2D eigenvalue weighted by Crippen LogP contribution is -2.12. The number of amides is 1. The van der Waals surface area contributed by atoms with Gasteiger partial charge in [-0.2, -0.15) is 0 Å². The fraction of sp³-hybridized carbons (Fsp3) is 0. The number of rotatable bonds is 2. The molecular formula is C12H8Cl2N2O. The molecule has 0 bridgehead atoms. The summed E-state index contributed by atoms with van der Waals surface area (Å²) in [4.78, 5) is 15.8. The number of carbonyl (C=O) groups excluding carboxylic acids is 1. The first-order chi connectivity index (χ1) is 8.15. The zero-order valence-electron chi connectivity index (χ0n) is 8.65. The second kappa shape index (κ2) is 5.17. The standard InChI is InChI=1S/C12H8Cl2N2O/c13-9-3-1-2-8(6-9)12(17)16-11-7-10(14)4-5-15-11/h1-7H,(H,15,16,17). The lowest BCUT2D eigenvalue weighted by atomic mass is 10.2. The van der Waals surface area contributed by atoms with E-state index in [2.05, 4.69) is 10.3 Å². The van der Waals surface area contributed by atoms with E-state index in [1.54, 1.807) is 36.4 Å². The average molecular weight is 267 g/mol. The van der Waals surface area contributed by atoms with E-state index < -0.39 is 0 Å². The Balaban J connectivity index is 2.17. The Morgan fingerprint density at radius 3 is 2.59 bits per heavy atom. The van der Waals surface area contributed by atoms with Gasteiger partial charge in [0, 0.05) is 21.8 Å². The largest absolute Gasteiger partial charge is 0.307 e. The third-order valence-corrected chi connectivity index (χ3v) is 2.52. The van der Waals surface area contributed by atoms with Crippen molar-refractivity contribution in [3.05, 3.63) is 58.2 Å². The summed E-state index contributed by atoms with van der Waals surface area (Å²) in [6, 6.07) is 9.88. The van der Waals surface area contributed by atoms with Crippen LogP contribution in [0.4, 0.5) is 5.82 Å². The molecular weight excluding hydrogens is 259 g/mol. The molecule has 0 saturated heterocycles. The number of benzene rings is 1. The Labute approximate surface area is 108 Å². The van der Waals surface area contributed by atoms with E-state index in [0.717, 1.165) is 0 Å². The summed E-state index contributed by atoms with van der Waals surface area (Å²) in [5.41, 5.74) is 0.472. The van der Waals surface area contributed by atoms with Crippen LogP contribution in [0.25, 0.3) is 0 Å². The molecule has 0 aliphatic carbocycles. The molecule has 5 heteroatoms. The van der Waals surface area contributed by atoms with Gasteiger partial charge in [-0.25, -0.2) is 4.98 Å². The van der Waals surface area contributed by atoms with E-state index in [-0.39, 0.29) is 5.91 Å². The first kappa shape index (κ1) is 11.9. The molecule has 1 aromatic carbocycles. The Bertz CT molecular complexity index is 558. The van der Waals surface area contributed by atoms with Gasteiger partial charge in [0.15, 0.2) is 0 Å². The Kier molecular flexibility index (Phi) is 3.61. The zero-order valence-corrected chi connectivity index (χ0v) is 10.2. The van der Waals surface area contributed by atoms with Crippen molar-refractivity contribution in [2.75, 3.05) is 5.32 Å². The molecule has 2 rings (SSSR count). The molecule has 2 aromatic rings. The van der Waals surface area contributed by atoms with Crippen molar-refractivity contribution < 1.29 is 4.79 Å². The molecule has 0 aliphatic rings. The molecule has 1 heterocycles. The maximum atomic E-state index is 11.8. The van der Waals surface area contributed by atoms with E-state index in [0.29, 0.717) is 21.4 Å². The second-order valence-electron chi connectivity index (χ2n) is 3.32. The minimum Gasteiger partial charge on any atom is -0.307 e. The van der Waals surface area contributed by atoms with Crippen LogP contribution in [0.1, 0.15) is 10.4 Å². The van der Waals surface area contributed by atoms with Gasteiger partial charge in [-0.15, -0.1) is 0 Å². The van der Waals surface area contributed by atoms with Crippen molar-refractivity contribution >= 4 is 34.9 Å². The quantitative estimate of drug-likeness (QED) is 0.902.